The van der Waals surface area contributed by atoms with Gasteiger partial charge in [-0.2, -0.15) is 5.26 Å². The van der Waals surface area contributed by atoms with E-state index in [1.807, 2.05) is 26.8 Å². The Bertz CT molecular complexity index is 409. The van der Waals surface area contributed by atoms with Crippen LogP contribution in [0.1, 0.15) is 20.8 Å². The zero-order valence-electron chi connectivity index (χ0n) is 10.9. The number of carbonyl (C=O) groups excluding carboxylic acids is 1. The van der Waals surface area contributed by atoms with E-state index in [1.165, 1.54) is 12.4 Å². The Labute approximate surface area is 107 Å². The molecule has 0 aromatic heterocycles. The lowest BCUT2D eigenvalue weighted by Gasteiger charge is -2.37. The SMILES string of the molecule is CC(C)(C)OC(=O)N1CC(N=C/C(C#N)=C\N)C1. The average molecular weight is 250 g/mol. The van der Waals surface area contributed by atoms with Crippen LogP contribution in [0.4, 0.5) is 4.79 Å². The van der Waals surface area contributed by atoms with Crippen molar-refractivity contribution in [3.63, 3.8) is 0 Å². The first kappa shape index (κ1) is 14.0. The molecule has 0 radical (unpaired) electrons. The summed E-state index contributed by atoms with van der Waals surface area (Å²) in [4.78, 5) is 17.3. The van der Waals surface area contributed by atoms with Gasteiger partial charge < -0.3 is 15.4 Å². The van der Waals surface area contributed by atoms with Gasteiger partial charge in [0.15, 0.2) is 0 Å². The highest BCUT2D eigenvalue weighted by molar-refractivity contribution is 5.83. The predicted octanol–water partition coefficient (Wildman–Crippen LogP) is 1.04. The lowest BCUT2D eigenvalue weighted by Crippen LogP contribution is -2.54. The Kier molecular flexibility index (Phi) is 4.32. The van der Waals surface area contributed by atoms with Crippen LogP contribution in [0.3, 0.4) is 0 Å². The first-order valence-corrected chi connectivity index (χ1v) is 5.69. The molecule has 1 aliphatic heterocycles. The summed E-state index contributed by atoms with van der Waals surface area (Å²) in [5.41, 5.74) is 5.04. The van der Waals surface area contributed by atoms with Crippen molar-refractivity contribution < 1.29 is 9.53 Å². The van der Waals surface area contributed by atoms with Gasteiger partial charge in [-0.15, -0.1) is 0 Å². The van der Waals surface area contributed by atoms with Gasteiger partial charge in [-0.3, -0.25) is 4.99 Å². The molecule has 0 aliphatic carbocycles. The molecule has 1 aliphatic rings. The summed E-state index contributed by atoms with van der Waals surface area (Å²) >= 11 is 0. The number of nitriles is 1. The van der Waals surface area contributed by atoms with Crippen LogP contribution in [0.5, 0.6) is 0 Å². The zero-order chi connectivity index (χ0) is 13.8. The number of aliphatic imine (C=N–C) groups is 1. The molecule has 98 valence electrons. The molecule has 1 amide bonds. The fraction of sp³-hybridized carbons (Fsp3) is 0.583. The molecule has 0 aromatic rings. The van der Waals surface area contributed by atoms with E-state index < -0.39 is 5.60 Å². The van der Waals surface area contributed by atoms with E-state index in [-0.39, 0.29) is 12.1 Å². The number of nitrogens with two attached hydrogens (primary N) is 1. The van der Waals surface area contributed by atoms with Crippen LogP contribution in [0.15, 0.2) is 16.8 Å². The van der Waals surface area contributed by atoms with Crippen molar-refractivity contribution in [2.24, 2.45) is 10.7 Å². The number of ether oxygens (including phenoxy) is 1. The minimum Gasteiger partial charge on any atom is -0.444 e. The molecule has 0 atom stereocenters. The lowest BCUT2D eigenvalue weighted by molar-refractivity contribution is 0.00911. The van der Waals surface area contributed by atoms with E-state index >= 15 is 0 Å². The van der Waals surface area contributed by atoms with Crippen molar-refractivity contribution in [3.05, 3.63) is 11.8 Å². The maximum absolute atomic E-state index is 11.6. The van der Waals surface area contributed by atoms with Gasteiger partial charge >= 0.3 is 6.09 Å². The second kappa shape index (κ2) is 5.54. The van der Waals surface area contributed by atoms with Crippen LogP contribution >= 0.6 is 0 Å². The smallest absolute Gasteiger partial charge is 0.410 e. The molecule has 6 nitrogen and oxygen atoms in total. The minimum atomic E-state index is -0.484. The maximum Gasteiger partial charge on any atom is 0.410 e. The van der Waals surface area contributed by atoms with E-state index in [4.69, 9.17) is 15.7 Å². The number of allylic oxidation sites excluding steroid dienone is 1. The van der Waals surface area contributed by atoms with Gasteiger partial charge in [0.05, 0.1) is 11.6 Å². The van der Waals surface area contributed by atoms with Gasteiger partial charge in [0, 0.05) is 25.5 Å². The van der Waals surface area contributed by atoms with Crippen molar-refractivity contribution >= 4 is 12.3 Å². The third-order valence-electron chi connectivity index (χ3n) is 2.25. The van der Waals surface area contributed by atoms with E-state index in [0.717, 1.165) is 0 Å². The van der Waals surface area contributed by atoms with Crippen molar-refractivity contribution in [1.29, 1.82) is 5.26 Å². The Morgan fingerprint density at radius 3 is 2.61 bits per heavy atom. The number of likely N-dealkylation sites (tertiary alicyclic amines) is 1. The molecule has 1 fully saturated rings. The summed E-state index contributed by atoms with van der Waals surface area (Å²) in [6.45, 7) is 6.49. The number of hydrogen-bond donors (Lipinski definition) is 1. The Hall–Kier alpha value is -2.03. The average Bonchev–Trinajstić information content (AvgIpc) is 2.18. The highest BCUT2D eigenvalue weighted by Gasteiger charge is 2.33. The number of carbonyl (C=O) groups is 1. The summed E-state index contributed by atoms with van der Waals surface area (Å²) in [7, 11) is 0. The Morgan fingerprint density at radius 2 is 2.17 bits per heavy atom. The van der Waals surface area contributed by atoms with Gasteiger partial charge in [-0.25, -0.2) is 4.79 Å². The Balaban J connectivity index is 2.37. The second-order valence-electron chi connectivity index (χ2n) is 5.05. The molecule has 1 rings (SSSR count). The molecule has 1 saturated heterocycles. The molecular weight excluding hydrogens is 232 g/mol. The highest BCUT2D eigenvalue weighted by Crippen LogP contribution is 2.16. The fourth-order valence-corrected chi connectivity index (χ4v) is 1.32. The van der Waals surface area contributed by atoms with Crippen LogP contribution in [0.2, 0.25) is 0 Å². The van der Waals surface area contributed by atoms with E-state index in [0.29, 0.717) is 18.7 Å². The third-order valence-corrected chi connectivity index (χ3v) is 2.25. The first-order chi connectivity index (χ1) is 8.35. The fourth-order valence-electron chi connectivity index (χ4n) is 1.32. The summed E-state index contributed by atoms with van der Waals surface area (Å²) < 4.78 is 5.21. The van der Waals surface area contributed by atoms with Gasteiger partial charge in [-0.05, 0) is 20.8 Å². The molecule has 0 spiro atoms. The standard InChI is InChI=1S/C12H18N4O2/c1-12(2,3)18-11(17)16-7-10(8-16)15-6-9(4-13)5-14/h4,6,10H,7-8,13H2,1-3H3/b9-4-,15-6?. The van der Waals surface area contributed by atoms with Crippen LogP contribution in [0, 0.1) is 11.3 Å². The maximum atomic E-state index is 11.6. The largest absolute Gasteiger partial charge is 0.444 e. The van der Waals surface area contributed by atoms with Crippen molar-refractivity contribution in [2.75, 3.05) is 13.1 Å². The Morgan fingerprint density at radius 1 is 1.56 bits per heavy atom. The molecule has 0 saturated carbocycles. The molecule has 6 heteroatoms. The van der Waals surface area contributed by atoms with Crippen molar-refractivity contribution in [3.8, 4) is 6.07 Å². The molecular formula is C12H18N4O2. The predicted molar refractivity (Wildman–Crippen MR) is 68.0 cm³/mol. The lowest BCUT2D eigenvalue weighted by atomic mass is 10.1. The molecule has 2 N–H and O–H groups in total. The second-order valence-corrected chi connectivity index (χ2v) is 5.05. The summed E-state index contributed by atoms with van der Waals surface area (Å²) in [5, 5.41) is 8.62. The van der Waals surface area contributed by atoms with E-state index in [2.05, 4.69) is 4.99 Å². The highest BCUT2D eigenvalue weighted by atomic mass is 16.6. The van der Waals surface area contributed by atoms with Crippen LogP contribution in [-0.4, -0.2) is 41.9 Å². The minimum absolute atomic E-state index is 0.0146. The van der Waals surface area contributed by atoms with Crippen LogP contribution in [-0.2, 0) is 4.74 Å². The summed E-state index contributed by atoms with van der Waals surface area (Å²) in [5.74, 6) is 0. The third kappa shape index (κ3) is 4.09. The van der Waals surface area contributed by atoms with Gasteiger partial charge in [-0.1, -0.05) is 0 Å². The normalized spacial score (nSPS) is 17.4. The van der Waals surface area contributed by atoms with Crippen LogP contribution < -0.4 is 5.73 Å². The molecule has 0 aromatic carbocycles. The molecule has 1 heterocycles. The van der Waals surface area contributed by atoms with Gasteiger partial charge in [0.1, 0.15) is 11.7 Å². The monoisotopic (exact) mass is 250 g/mol. The summed E-state index contributed by atoms with van der Waals surface area (Å²) in [6.07, 6.45) is 2.30. The van der Waals surface area contributed by atoms with Crippen molar-refractivity contribution in [1.82, 2.24) is 4.90 Å². The quantitative estimate of drug-likeness (QED) is 0.585. The topological polar surface area (TPSA) is 91.7 Å². The van der Waals surface area contributed by atoms with Gasteiger partial charge in [0.2, 0.25) is 0 Å². The molecule has 18 heavy (non-hydrogen) atoms. The number of nitrogens with zero attached hydrogens (tertiary/aromatic N) is 3. The summed E-state index contributed by atoms with van der Waals surface area (Å²) in [6, 6.07) is 1.92. The van der Waals surface area contributed by atoms with Gasteiger partial charge in [0.25, 0.3) is 0 Å². The number of rotatable bonds is 2. The van der Waals surface area contributed by atoms with Crippen LogP contribution in [0.25, 0.3) is 0 Å². The molecule has 0 unspecified atom stereocenters. The number of amides is 1. The molecule has 0 bridgehead atoms. The zero-order valence-corrected chi connectivity index (χ0v) is 10.9. The first-order valence-electron chi connectivity index (χ1n) is 5.69. The van der Waals surface area contributed by atoms with E-state index in [9.17, 15) is 4.79 Å². The number of hydrogen-bond acceptors (Lipinski definition) is 5. The van der Waals surface area contributed by atoms with Crippen molar-refractivity contribution in [2.45, 2.75) is 32.4 Å². The van der Waals surface area contributed by atoms with E-state index in [1.54, 1.807) is 4.90 Å².